The molecule has 68 valence electrons. The summed E-state index contributed by atoms with van der Waals surface area (Å²) in [5.74, 6) is 0. The lowest BCUT2D eigenvalue weighted by Crippen LogP contribution is -2.50. The number of rotatable bonds is 0. The summed E-state index contributed by atoms with van der Waals surface area (Å²) in [5.41, 5.74) is 0. The van der Waals surface area contributed by atoms with Crippen molar-refractivity contribution in [2.45, 2.75) is 18.9 Å². The summed E-state index contributed by atoms with van der Waals surface area (Å²) in [6, 6.07) is 0.585. The van der Waals surface area contributed by atoms with E-state index in [0.717, 1.165) is 19.6 Å². The molecule has 0 aromatic carbocycles. The maximum Gasteiger partial charge on any atom is 0.316 e. The number of hydrogen-bond donors (Lipinski definition) is 0. The third-order valence-electron chi connectivity index (χ3n) is 2.84. The van der Waals surface area contributed by atoms with Crippen molar-refractivity contribution >= 4 is 17.0 Å². The molecule has 2 heterocycles. The highest BCUT2D eigenvalue weighted by Gasteiger charge is 2.31. The molecule has 2 fully saturated rings. The molecule has 12 heavy (non-hydrogen) atoms. The Morgan fingerprint density at radius 1 is 1.33 bits per heavy atom. The zero-order valence-electron chi connectivity index (χ0n) is 7.00. The number of amides is 1. The van der Waals surface area contributed by atoms with Crippen molar-refractivity contribution in [1.82, 2.24) is 9.80 Å². The maximum absolute atomic E-state index is 10.9. The molecule has 1 amide bonds. The van der Waals surface area contributed by atoms with Crippen molar-refractivity contribution in [1.29, 1.82) is 0 Å². The minimum atomic E-state index is -0.290. The van der Waals surface area contributed by atoms with Gasteiger partial charge in [0.2, 0.25) is 0 Å². The first kappa shape index (κ1) is 8.32. The van der Waals surface area contributed by atoms with Gasteiger partial charge in [0.25, 0.3) is 0 Å². The highest BCUT2D eigenvalue weighted by Crippen LogP contribution is 2.21. The van der Waals surface area contributed by atoms with Crippen LogP contribution in [0.5, 0.6) is 0 Å². The zero-order chi connectivity index (χ0) is 8.55. The molecule has 4 heteroatoms. The van der Waals surface area contributed by atoms with Crippen LogP contribution in [-0.4, -0.2) is 47.4 Å². The van der Waals surface area contributed by atoms with Gasteiger partial charge in [-0.25, -0.2) is 0 Å². The fourth-order valence-corrected chi connectivity index (χ4v) is 2.30. The molecular weight excluding hydrogens is 176 g/mol. The minimum absolute atomic E-state index is 0.290. The van der Waals surface area contributed by atoms with Crippen molar-refractivity contribution in [2.24, 2.45) is 0 Å². The highest BCUT2D eigenvalue weighted by atomic mass is 35.5. The largest absolute Gasteiger partial charge is 0.326 e. The van der Waals surface area contributed by atoms with E-state index in [1.54, 1.807) is 4.90 Å². The van der Waals surface area contributed by atoms with E-state index in [2.05, 4.69) is 4.90 Å². The molecule has 0 aromatic heterocycles. The molecule has 0 spiro atoms. The predicted octanol–water partition coefficient (Wildman–Crippen LogP) is 1.13. The average Bonchev–Trinajstić information content (AvgIpc) is 2.49. The molecule has 0 saturated carbocycles. The standard InChI is InChI=1S/C8H13ClN2O/c9-8(12)11-5-4-10-3-1-2-7(10)6-11/h7H,1-6H2. The van der Waals surface area contributed by atoms with Crippen LogP contribution in [0.15, 0.2) is 0 Å². The summed E-state index contributed by atoms with van der Waals surface area (Å²) in [5, 5.41) is -0.290. The smallest absolute Gasteiger partial charge is 0.316 e. The van der Waals surface area contributed by atoms with Crippen LogP contribution >= 0.6 is 11.6 Å². The Bertz CT molecular complexity index is 197. The van der Waals surface area contributed by atoms with Crippen molar-refractivity contribution in [3.05, 3.63) is 0 Å². The topological polar surface area (TPSA) is 23.6 Å². The van der Waals surface area contributed by atoms with Gasteiger partial charge in [-0.15, -0.1) is 0 Å². The number of piperazine rings is 1. The van der Waals surface area contributed by atoms with Crippen LogP contribution in [0.2, 0.25) is 0 Å². The Morgan fingerprint density at radius 3 is 2.92 bits per heavy atom. The molecule has 0 aliphatic carbocycles. The van der Waals surface area contributed by atoms with Crippen LogP contribution in [0, 0.1) is 0 Å². The van der Waals surface area contributed by atoms with Crippen LogP contribution in [-0.2, 0) is 0 Å². The fraction of sp³-hybridized carbons (Fsp3) is 0.875. The summed E-state index contributed by atoms with van der Waals surface area (Å²) in [4.78, 5) is 15.1. The molecule has 1 atom stereocenters. The normalized spacial score (nSPS) is 30.4. The van der Waals surface area contributed by atoms with Crippen molar-refractivity contribution < 1.29 is 4.79 Å². The number of fused-ring (bicyclic) bond motifs is 1. The number of hydrogen-bond acceptors (Lipinski definition) is 2. The van der Waals surface area contributed by atoms with Gasteiger partial charge in [0, 0.05) is 25.7 Å². The molecular formula is C8H13ClN2O. The van der Waals surface area contributed by atoms with Crippen molar-refractivity contribution in [3.63, 3.8) is 0 Å². The Balaban J connectivity index is 1.96. The van der Waals surface area contributed by atoms with E-state index in [1.165, 1.54) is 19.4 Å². The lowest BCUT2D eigenvalue weighted by Gasteiger charge is -2.36. The zero-order valence-corrected chi connectivity index (χ0v) is 7.76. The Hall–Kier alpha value is -0.280. The van der Waals surface area contributed by atoms with Crippen molar-refractivity contribution in [3.8, 4) is 0 Å². The molecule has 0 radical (unpaired) electrons. The Morgan fingerprint density at radius 2 is 2.17 bits per heavy atom. The number of carbonyl (C=O) groups excluding carboxylic acids is 1. The second-order valence-corrected chi connectivity index (χ2v) is 3.85. The number of halogens is 1. The first-order valence-corrected chi connectivity index (χ1v) is 4.83. The molecule has 0 bridgehead atoms. The van der Waals surface area contributed by atoms with Crippen LogP contribution < -0.4 is 0 Å². The third-order valence-corrected chi connectivity index (χ3v) is 3.08. The molecule has 1 unspecified atom stereocenters. The predicted molar refractivity (Wildman–Crippen MR) is 47.4 cm³/mol. The molecule has 0 N–H and O–H groups in total. The van der Waals surface area contributed by atoms with Gasteiger partial charge in [0.05, 0.1) is 0 Å². The summed E-state index contributed by atoms with van der Waals surface area (Å²) >= 11 is 5.42. The van der Waals surface area contributed by atoms with Gasteiger partial charge in [-0.05, 0) is 31.0 Å². The van der Waals surface area contributed by atoms with E-state index >= 15 is 0 Å². The van der Waals surface area contributed by atoms with Gasteiger partial charge in [-0.2, -0.15) is 0 Å². The van der Waals surface area contributed by atoms with Crippen LogP contribution in [0.4, 0.5) is 4.79 Å². The van der Waals surface area contributed by atoms with Gasteiger partial charge in [-0.1, -0.05) is 0 Å². The monoisotopic (exact) mass is 188 g/mol. The Labute approximate surface area is 77.3 Å². The molecule has 2 rings (SSSR count). The molecule has 3 nitrogen and oxygen atoms in total. The van der Waals surface area contributed by atoms with Crippen LogP contribution in [0.1, 0.15) is 12.8 Å². The van der Waals surface area contributed by atoms with E-state index in [4.69, 9.17) is 11.6 Å². The van der Waals surface area contributed by atoms with E-state index in [-0.39, 0.29) is 5.37 Å². The van der Waals surface area contributed by atoms with Crippen LogP contribution in [0.3, 0.4) is 0 Å². The van der Waals surface area contributed by atoms with Gasteiger partial charge in [0.1, 0.15) is 0 Å². The quantitative estimate of drug-likeness (QED) is 0.420. The number of carbonyl (C=O) groups is 1. The lowest BCUT2D eigenvalue weighted by molar-refractivity contribution is 0.129. The Kier molecular flexibility index (Phi) is 2.24. The SMILES string of the molecule is O=C(Cl)N1CCN2CCCC2C1. The van der Waals surface area contributed by atoms with Gasteiger partial charge < -0.3 is 4.90 Å². The first-order chi connectivity index (χ1) is 5.77. The molecule has 2 saturated heterocycles. The minimum Gasteiger partial charge on any atom is -0.326 e. The summed E-state index contributed by atoms with van der Waals surface area (Å²) < 4.78 is 0. The fourth-order valence-electron chi connectivity index (χ4n) is 2.15. The first-order valence-electron chi connectivity index (χ1n) is 4.46. The van der Waals surface area contributed by atoms with Crippen LogP contribution in [0.25, 0.3) is 0 Å². The summed E-state index contributed by atoms with van der Waals surface area (Å²) in [6.07, 6.45) is 2.50. The number of nitrogens with zero attached hydrogens (tertiary/aromatic N) is 2. The highest BCUT2D eigenvalue weighted by molar-refractivity contribution is 6.62. The van der Waals surface area contributed by atoms with E-state index in [0.29, 0.717) is 6.04 Å². The molecule has 0 aromatic rings. The van der Waals surface area contributed by atoms with Gasteiger partial charge >= 0.3 is 5.37 Å². The second kappa shape index (κ2) is 3.23. The maximum atomic E-state index is 10.9. The summed E-state index contributed by atoms with van der Waals surface area (Å²) in [7, 11) is 0. The van der Waals surface area contributed by atoms with Gasteiger partial charge in [0.15, 0.2) is 0 Å². The third kappa shape index (κ3) is 1.43. The second-order valence-electron chi connectivity index (χ2n) is 3.53. The molecule has 2 aliphatic heterocycles. The summed E-state index contributed by atoms with van der Waals surface area (Å²) in [6.45, 7) is 3.85. The lowest BCUT2D eigenvalue weighted by atomic mass is 10.2. The van der Waals surface area contributed by atoms with Gasteiger partial charge in [-0.3, -0.25) is 9.69 Å². The van der Waals surface area contributed by atoms with E-state index < -0.39 is 0 Å². The van der Waals surface area contributed by atoms with E-state index in [1.807, 2.05) is 0 Å². The average molecular weight is 189 g/mol. The van der Waals surface area contributed by atoms with E-state index in [9.17, 15) is 4.79 Å². The van der Waals surface area contributed by atoms with Crippen molar-refractivity contribution in [2.75, 3.05) is 26.2 Å². The molecule has 2 aliphatic rings.